The summed E-state index contributed by atoms with van der Waals surface area (Å²) in [5, 5.41) is 4.97. The number of hydrogen-bond acceptors (Lipinski definition) is 6. The number of methoxy groups -OCH3 is 4. The third-order valence-corrected chi connectivity index (χ3v) is 28.8. The first kappa shape index (κ1) is 68.3. The van der Waals surface area contributed by atoms with E-state index in [0.29, 0.717) is 0 Å². The van der Waals surface area contributed by atoms with E-state index in [0.717, 1.165) is 73.8 Å². The largest absolute Gasteiger partial charge is 0.496 e. The Labute approximate surface area is 531 Å². The fourth-order valence-electron chi connectivity index (χ4n) is 15.0. The Hall–Kier alpha value is -4.59. The fraction of sp³-hybridized carbons (Fsp3) is 0.538. The van der Waals surface area contributed by atoms with Gasteiger partial charge in [-0.3, -0.25) is 0 Å². The van der Waals surface area contributed by atoms with Crippen molar-refractivity contribution in [3.63, 3.8) is 0 Å². The molecule has 0 heterocycles. The number of benzene rings is 6. The van der Waals surface area contributed by atoms with Crippen LogP contribution < -0.4 is 44.3 Å². The highest BCUT2D eigenvalue weighted by Gasteiger charge is 2.39. The zero-order valence-corrected chi connectivity index (χ0v) is 58.7. The van der Waals surface area contributed by atoms with Gasteiger partial charge in [0, 0.05) is 0 Å². The Morgan fingerprint density at radius 1 is 0.310 bits per heavy atom. The Kier molecular flexibility index (Phi) is 25.9. The molecule has 10 rings (SSSR count). The lowest BCUT2D eigenvalue weighted by molar-refractivity contribution is 0.231. The van der Waals surface area contributed by atoms with Crippen LogP contribution in [0.1, 0.15) is 198 Å². The molecule has 0 aliphatic heterocycles. The van der Waals surface area contributed by atoms with Gasteiger partial charge in [-0.1, -0.05) is 233 Å². The van der Waals surface area contributed by atoms with E-state index < -0.39 is 7.92 Å². The van der Waals surface area contributed by atoms with Gasteiger partial charge in [-0.2, -0.15) is 0 Å². The maximum atomic E-state index is 6.37. The van der Waals surface area contributed by atoms with E-state index >= 15 is 0 Å². The molecular weight excluding hydrogens is 1130 g/mol. The van der Waals surface area contributed by atoms with Gasteiger partial charge in [-0.25, -0.2) is 0 Å². The third-order valence-electron chi connectivity index (χ3n) is 18.1. The molecule has 0 unspecified atom stereocenters. The first-order chi connectivity index (χ1) is 42.0. The van der Waals surface area contributed by atoms with E-state index in [9.17, 15) is 0 Å². The zero-order chi connectivity index (χ0) is 62.1. The summed E-state index contributed by atoms with van der Waals surface area (Å²) in [7, 11) is 6.15. The molecule has 0 bridgehead atoms. The van der Waals surface area contributed by atoms with Crippen molar-refractivity contribution in [2.75, 3.05) is 28.4 Å². The molecular formula is C78H109O6P3. The number of hydrogen-bond donors (Lipinski definition) is 0. The Balaban J connectivity index is 0.000000171. The van der Waals surface area contributed by atoms with Crippen LogP contribution >= 0.6 is 23.8 Å². The molecule has 0 saturated heterocycles. The molecule has 6 nitrogen and oxygen atoms in total. The average molecular weight is 1240 g/mol. The monoisotopic (exact) mass is 1230 g/mol. The summed E-state index contributed by atoms with van der Waals surface area (Å²) in [6.45, 7) is 22.5. The van der Waals surface area contributed by atoms with E-state index in [2.05, 4.69) is 172 Å². The summed E-state index contributed by atoms with van der Waals surface area (Å²) >= 11 is 0. The van der Waals surface area contributed by atoms with E-state index in [-0.39, 0.29) is 38.4 Å². The maximum absolute atomic E-state index is 6.37. The zero-order valence-electron chi connectivity index (χ0n) is 56.0. The lowest BCUT2D eigenvalue weighted by atomic mass is 9.99. The van der Waals surface area contributed by atoms with Gasteiger partial charge in [0.25, 0.3) is 0 Å². The van der Waals surface area contributed by atoms with Crippen LogP contribution in [0.15, 0.2) is 127 Å². The molecule has 6 aromatic carbocycles. The normalized spacial score (nSPS) is 16.7. The highest BCUT2D eigenvalue weighted by molar-refractivity contribution is 7.69. The predicted molar refractivity (Wildman–Crippen MR) is 380 cm³/mol. The summed E-state index contributed by atoms with van der Waals surface area (Å²) in [6, 6.07) is 45.6. The van der Waals surface area contributed by atoms with Crippen molar-refractivity contribution in [1.82, 2.24) is 0 Å². The lowest BCUT2D eigenvalue weighted by Crippen LogP contribution is -2.31. The van der Waals surface area contributed by atoms with Crippen molar-refractivity contribution >= 4 is 39.7 Å². The van der Waals surface area contributed by atoms with Crippen LogP contribution in [0.5, 0.6) is 34.5 Å². The van der Waals surface area contributed by atoms with E-state index in [1.807, 2.05) is 24.3 Å². The number of rotatable bonds is 18. The maximum Gasteiger partial charge on any atom is 0.131 e. The second-order valence-electron chi connectivity index (χ2n) is 27.2. The highest BCUT2D eigenvalue weighted by atomic mass is 31.1. The number of ether oxygens (including phenoxy) is 6. The van der Waals surface area contributed by atoms with Crippen LogP contribution in [-0.2, 0) is 0 Å². The molecule has 9 heteroatoms. The summed E-state index contributed by atoms with van der Waals surface area (Å²) < 4.78 is 35.7. The van der Waals surface area contributed by atoms with Crippen molar-refractivity contribution in [3.05, 3.63) is 127 Å². The molecule has 87 heavy (non-hydrogen) atoms. The summed E-state index contributed by atoms with van der Waals surface area (Å²) in [5.74, 6) is 5.45. The Bertz CT molecular complexity index is 2920. The fourth-order valence-corrected chi connectivity index (χ4v) is 27.0. The molecule has 472 valence electrons. The summed E-state index contributed by atoms with van der Waals surface area (Å²) in [6.07, 6.45) is 28.6. The molecule has 4 saturated carbocycles. The Morgan fingerprint density at radius 2 is 0.552 bits per heavy atom. The minimum atomic E-state index is -0.428. The van der Waals surface area contributed by atoms with Gasteiger partial charge < -0.3 is 28.4 Å². The smallest absolute Gasteiger partial charge is 0.131 e. The standard InChI is InChI=1S/C30H43O2P.C26H35O2P.C22H31O2P/c1-22(2)31-27-19-13-20-28(32-23(3)4)30(27)26-18-11-12-21-29(26)33(24-14-7-5-8-15-24)25-16-9-6-10-17-25;1-27-23-17-11-18-24(28-2)26(23)22-16-9-10-19-25(22)29(20-12-5-3-6-13-20)21-14-7-4-8-15-21;1-21(2,3)25(22(4,5)6)19-15-10-9-12-16(19)20-17(23-7)13-11-14-18(20)24-8/h11-13,18-25H,5-10,14-17H2,1-4H3;9-11,16-21H,3-8,12-15H2,1-2H3;9-15H,1-8H3. The predicted octanol–water partition coefficient (Wildman–Crippen LogP) is 21.9. The molecule has 0 spiro atoms. The molecule has 0 atom stereocenters. The van der Waals surface area contributed by atoms with Gasteiger partial charge in [0.15, 0.2) is 0 Å². The van der Waals surface area contributed by atoms with Gasteiger partial charge in [0.1, 0.15) is 34.5 Å². The highest BCUT2D eigenvalue weighted by Crippen LogP contribution is 2.61. The quantitative estimate of drug-likeness (QED) is 0.0800. The van der Waals surface area contributed by atoms with Crippen LogP contribution in [0, 0.1) is 0 Å². The third kappa shape index (κ3) is 17.7. The second kappa shape index (κ2) is 32.9. The lowest BCUT2D eigenvalue weighted by Gasteiger charge is -2.42. The first-order valence-corrected chi connectivity index (χ1v) is 37.8. The molecule has 4 aliphatic rings. The average Bonchev–Trinajstić information content (AvgIpc) is 1.36. The van der Waals surface area contributed by atoms with E-state index in [4.69, 9.17) is 28.4 Å². The SMILES string of the molecule is CC(C)Oc1cccc(OC(C)C)c1-c1ccccc1P(C1CCCCC1)C1CCCCC1.COc1cccc(OC)c1-c1ccccc1P(C(C)(C)C)C(C)(C)C.COc1cccc(OC)c1-c1ccccc1P(C1CCCCC1)C1CCCCC1. The summed E-state index contributed by atoms with van der Waals surface area (Å²) in [4.78, 5) is 0. The molecule has 0 N–H and O–H groups in total. The van der Waals surface area contributed by atoms with Crippen LogP contribution in [0.4, 0.5) is 0 Å². The molecule has 0 aromatic heterocycles. The van der Waals surface area contributed by atoms with Crippen LogP contribution in [0.3, 0.4) is 0 Å². The van der Waals surface area contributed by atoms with Crippen molar-refractivity contribution in [2.24, 2.45) is 0 Å². The van der Waals surface area contributed by atoms with Crippen molar-refractivity contribution in [1.29, 1.82) is 0 Å². The molecule has 0 radical (unpaired) electrons. The minimum Gasteiger partial charge on any atom is -0.496 e. The van der Waals surface area contributed by atoms with Crippen LogP contribution in [-0.4, -0.2) is 73.6 Å². The Morgan fingerprint density at radius 3 is 0.816 bits per heavy atom. The van der Waals surface area contributed by atoms with Crippen molar-refractivity contribution in [2.45, 2.75) is 243 Å². The minimum absolute atomic E-state index is 0.128. The van der Waals surface area contributed by atoms with Gasteiger partial charge in [-0.15, -0.1) is 0 Å². The van der Waals surface area contributed by atoms with E-state index in [1.165, 1.54) is 150 Å². The van der Waals surface area contributed by atoms with Gasteiger partial charge in [0.05, 0.1) is 57.3 Å². The summed E-state index contributed by atoms with van der Waals surface area (Å²) in [5.41, 5.74) is 10.7. The van der Waals surface area contributed by atoms with Gasteiger partial charge >= 0.3 is 0 Å². The molecule has 6 aromatic rings. The van der Waals surface area contributed by atoms with Crippen LogP contribution in [0.25, 0.3) is 33.4 Å². The van der Waals surface area contributed by atoms with Gasteiger partial charge in [-0.05, 0) is 181 Å². The van der Waals surface area contributed by atoms with Crippen molar-refractivity contribution < 1.29 is 28.4 Å². The second-order valence-corrected chi connectivity index (χ2v) is 36.6. The first-order valence-electron chi connectivity index (χ1n) is 33.5. The van der Waals surface area contributed by atoms with Crippen molar-refractivity contribution in [3.8, 4) is 67.9 Å². The molecule has 4 fully saturated rings. The van der Waals surface area contributed by atoms with Crippen LogP contribution in [0.2, 0.25) is 0 Å². The van der Waals surface area contributed by atoms with E-state index in [1.54, 1.807) is 39.0 Å². The topological polar surface area (TPSA) is 55.4 Å². The molecule has 4 aliphatic carbocycles. The molecule has 0 amide bonds. The van der Waals surface area contributed by atoms with Gasteiger partial charge in [0.2, 0.25) is 0 Å².